The maximum atomic E-state index is 4.17. The Morgan fingerprint density at radius 1 is 0.561 bits per heavy atom. The van der Waals surface area contributed by atoms with E-state index in [9.17, 15) is 0 Å². The molecule has 2 aliphatic carbocycles. The van der Waals surface area contributed by atoms with Crippen molar-refractivity contribution in [2.45, 2.75) is 255 Å². The van der Waals surface area contributed by atoms with Gasteiger partial charge in [-0.05, 0) is 98.5 Å². The summed E-state index contributed by atoms with van der Waals surface area (Å²) >= 11 is 0.500. The van der Waals surface area contributed by atoms with Gasteiger partial charge in [-0.2, -0.15) is 0 Å². The summed E-state index contributed by atoms with van der Waals surface area (Å²) < 4.78 is 0. The molecule has 0 aliphatic heterocycles. The van der Waals surface area contributed by atoms with E-state index in [1.807, 2.05) is 0 Å². The van der Waals surface area contributed by atoms with E-state index in [0.717, 1.165) is 0 Å². The van der Waals surface area contributed by atoms with Gasteiger partial charge in [-0.3, -0.25) is 0 Å². The number of unbranched alkanes of at least 4 members (excludes halogenated alkanes) is 22. The van der Waals surface area contributed by atoms with Crippen molar-refractivity contribution in [2.75, 3.05) is 0 Å². The van der Waals surface area contributed by atoms with Gasteiger partial charge in [0.15, 0.2) is 0 Å². The molecule has 1 N–H and O–H groups in total. The fraction of sp³-hybridized carbons (Fsp3) is 0.741. The molecular formula is C54H93NSiTi. The van der Waals surface area contributed by atoms with E-state index in [2.05, 4.69) is 113 Å². The molecule has 0 saturated carbocycles. The number of fused-ring (bicyclic) bond motifs is 4. The Labute approximate surface area is 366 Å². The number of hydrogen-bond donors (Lipinski definition) is 1. The van der Waals surface area contributed by atoms with Gasteiger partial charge in [0.05, 0.1) is 0 Å². The van der Waals surface area contributed by atoms with Crippen molar-refractivity contribution in [1.29, 1.82) is 0 Å². The van der Waals surface area contributed by atoms with Gasteiger partial charge in [-0.15, -0.1) is 0 Å². The predicted molar refractivity (Wildman–Crippen MR) is 257 cm³/mol. The van der Waals surface area contributed by atoms with Crippen molar-refractivity contribution >= 4 is 13.8 Å². The minimum absolute atomic E-state index is 0.119. The molecule has 3 heteroatoms. The van der Waals surface area contributed by atoms with Crippen LogP contribution in [0.2, 0.25) is 23.6 Å². The fourth-order valence-electron chi connectivity index (χ4n) is 10.9. The Balaban J connectivity index is 0.00000281. The molecule has 0 aromatic heterocycles. The molecule has 2 aromatic rings. The number of allylic oxidation sites excluding steroid dienone is 2. The Hall–Kier alpha value is -0.929. The molecule has 0 spiro atoms. The van der Waals surface area contributed by atoms with Crippen LogP contribution in [0.3, 0.4) is 0 Å². The number of benzene rings is 2. The molecule has 2 aliphatic rings. The number of rotatable bonds is 28. The van der Waals surface area contributed by atoms with Crippen LogP contribution in [0, 0.1) is 0 Å². The molecular weight excluding hydrogens is 739 g/mol. The molecule has 57 heavy (non-hydrogen) atoms. The third-order valence-corrected chi connectivity index (χ3v) is 17.1. The second-order valence-corrected chi connectivity index (χ2v) is 26.1. The van der Waals surface area contributed by atoms with Gasteiger partial charge < -0.3 is 4.98 Å². The summed E-state index contributed by atoms with van der Waals surface area (Å²) in [6, 6.07) is 15.1. The van der Waals surface area contributed by atoms with Crippen molar-refractivity contribution in [3.8, 4) is 11.1 Å². The van der Waals surface area contributed by atoms with Gasteiger partial charge in [-0.25, -0.2) is 0 Å². The Morgan fingerprint density at radius 2 is 0.965 bits per heavy atom. The normalized spacial score (nSPS) is 15.7. The first-order valence-corrected chi connectivity index (χ1v) is 30.9. The van der Waals surface area contributed by atoms with Crippen molar-refractivity contribution in [1.82, 2.24) is 4.98 Å². The van der Waals surface area contributed by atoms with Crippen LogP contribution in [0.15, 0.2) is 42.0 Å². The van der Waals surface area contributed by atoms with Gasteiger partial charge in [0.2, 0.25) is 0 Å². The second-order valence-electron chi connectivity index (χ2n) is 20.2. The summed E-state index contributed by atoms with van der Waals surface area (Å²) in [5.41, 5.74) is 13.6. The van der Waals surface area contributed by atoms with Crippen LogP contribution < -0.4 is 4.98 Å². The van der Waals surface area contributed by atoms with Crippen molar-refractivity contribution < 1.29 is 19.2 Å². The van der Waals surface area contributed by atoms with Crippen LogP contribution in [0.5, 0.6) is 0 Å². The SMILES string of the molecule is CCCCCCCCCCCCCCC1(CCCCCCCCCCCCCC)c2ccccc2-c2cc3c(cc21)C(C)=C(C)C3[Si](C)(C)NC(C)(C)C.[CH3][Ti][CH3]. The van der Waals surface area contributed by atoms with Crippen LogP contribution in [-0.4, -0.2) is 13.8 Å². The van der Waals surface area contributed by atoms with Crippen LogP contribution in [0.4, 0.5) is 0 Å². The van der Waals surface area contributed by atoms with Gasteiger partial charge in [0.1, 0.15) is 8.24 Å². The fourth-order valence-corrected chi connectivity index (χ4v) is 15.3. The Kier molecular flexibility index (Phi) is 23.4. The molecule has 2 aromatic carbocycles. The van der Waals surface area contributed by atoms with Gasteiger partial charge >= 0.3 is 29.6 Å². The molecule has 0 bridgehead atoms. The maximum absolute atomic E-state index is 4.17. The average Bonchev–Trinajstić information content (AvgIpc) is 3.57. The zero-order chi connectivity index (χ0) is 41.7. The summed E-state index contributed by atoms with van der Waals surface area (Å²) in [7, 11) is -1.83. The summed E-state index contributed by atoms with van der Waals surface area (Å²) in [5.74, 6) is 0. The van der Waals surface area contributed by atoms with Crippen LogP contribution in [0.1, 0.15) is 243 Å². The van der Waals surface area contributed by atoms with Gasteiger partial charge in [0.25, 0.3) is 0 Å². The van der Waals surface area contributed by atoms with Crippen LogP contribution in [-0.2, 0) is 24.6 Å². The first-order chi connectivity index (χ1) is 27.4. The summed E-state index contributed by atoms with van der Waals surface area (Å²) in [6.07, 6.45) is 36.6. The molecule has 1 nitrogen and oxygen atoms in total. The molecule has 1 unspecified atom stereocenters. The number of hydrogen-bond acceptors (Lipinski definition) is 1. The number of nitrogens with one attached hydrogen (secondary N) is 1. The standard InChI is InChI=1S/C52H87NSi.2CH3.Ti/c1-10-12-14-16-18-20-22-24-26-28-30-34-38-52(39-35-31-29-27-25-23-21-19-17-15-13-11-2)48-37-33-32-36-44(48)46-40-47-45(41-49(46)52)42(3)43(4)50(47)54(8,9)53-51(5,6)7;;;/h32-33,36-37,40-41,50,53H,10-31,34-35,38-39H2,1-9H3;2*1H3;. The van der Waals surface area contributed by atoms with E-state index in [0.29, 0.717) is 24.7 Å². The van der Waals surface area contributed by atoms with Crippen LogP contribution >= 0.6 is 0 Å². The first-order valence-electron chi connectivity index (χ1n) is 24.7. The van der Waals surface area contributed by atoms with Crippen molar-refractivity contribution in [2.24, 2.45) is 0 Å². The van der Waals surface area contributed by atoms with E-state index in [1.165, 1.54) is 173 Å². The summed E-state index contributed by atoms with van der Waals surface area (Å²) in [4.78, 5) is 4.17. The Bertz CT molecular complexity index is 1420. The quantitative estimate of drug-likeness (QED) is 0.0665. The molecule has 0 fully saturated rings. The van der Waals surface area contributed by atoms with Gasteiger partial charge in [0, 0.05) is 16.5 Å². The van der Waals surface area contributed by atoms with Crippen LogP contribution in [0.25, 0.3) is 16.7 Å². The first kappa shape index (κ1) is 50.4. The molecule has 0 heterocycles. The molecule has 1 atom stereocenters. The monoisotopic (exact) mass is 832 g/mol. The third-order valence-electron chi connectivity index (χ3n) is 13.5. The third kappa shape index (κ3) is 15.5. The minimum atomic E-state index is -1.83. The van der Waals surface area contributed by atoms with Crippen molar-refractivity contribution in [3.05, 3.63) is 64.2 Å². The zero-order valence-corrected chi connectivity index (χ0v) is 42.5. The average molecular weight is 832 g/mol. The summed E-state index contributed by atoms with van der Waals surface area (Å²) in [5, 5.41) is 4.50. The molecule has 0 amide bonds. The van der Waals surface area contributed by atoms with E-state index >= 15 is 0 Å². The Morgan fingerprint density at radius 3 is 1.39 bits per heavy atom. The van der Waals surface area contributed by atoms with E-state index in [1.54, 1.807) is 39.0 Å². The molecule has 0 saturated heterocycles. The molecule has 0 radical (unpaired) electrons. The van der Waals surface area contributed by atoms with E-state index in [-0.39, 0.29) is 11.0 Å². The topological polar surface area (TPSA) is 12.0 Å². The second kappa shape index (κ2) is 26.4. The van der Waals surface area contributed by atoms with Gasteiger partial charge in [-0.1, -0.05) is 211 Å². The van der Waals surface area contributed by atoms with E-state index < -0.39 is 8.24 Å². The molecule has 322 valence electrons. The van der Waals surface area contributed by atoms with Crippen molar-refractivity contribution in [3.63, 3.8) is 0 Å². The molecule has 4 rings (SSSR count). The zero-order valence-electron chi connectivity index (χ0n) is 39.9. The predicted octanol–water partition coefficient (Wildman–Crippen LogP) is 18.3. The van der Waals surface area contributed by atoms with E-state index in [4.69, 9.17) is 0 Å². The summed E-state index contributed by atoms with van der Waals surface area (Å²) in [6.45, 7) is 21.7.